The van der Waals surface area contributed by atoms with Gasteiger partial charge in [-0.15, -0.1) is 11.3 Å². The lowest BCUT2D eigenvalue weighted by Gasteiger charge is -2.27. The third-order valence-electron chi connectivity index (χ3n) is 3.75. The number of halogens is 3. The van der Waals surface area contributed by atoms with Gasteiger partial charge < -0.3 is 5.11 Å². The fourth-order valence-corrected chi connectivity index (χ4v) is 3.47. The fourth-order valence-electron chi connectivity index (χ4n) is 2.47. The van der Waals surface area contributed by atoms with Crippen molar-refractivity contribution in [3.8, 4) is 0 Å². The summed E-state index contributed by atoms with van der Waals surface area (Å²) in [7, 11) is 0. The summed E-state index contributed by atoms with van der Waals surface area (Å²) in [6.07, 6.45) is -4.19. The molecule has 1 saturated heterocycles. The summed E-state index contributed by atoms with van der Waals surface area (Å²) in [6.45, 7) is 2.09. The van der Waals surface area contributed by atoms with Crippen LogP contribution in [-0.2, 0) is 17.8 Å². The number of hydrogen-bond acceptors (Lipinski definition) is 3. The van der Waals surface area contributed by atoms with Crippen molar-refractivity contribution in [1.29, 1.82) is 0 Å². The van der Waals surface area contributed by atoms with Gasteiger partial charge in [-0.05, 0) is 25.0 Å². The largest absolute Gasteiger partial charge is 0.481 e. The number of likely N-dealkylation sites (tertiary alicyclic amines) is 1. The summed E-state index contributed by atoms with van der Waals surface area (Å²) < 4.78 is 39.1. The molecule has 20 heavy (non-hydrogen) atoms. The quantitative estimate of drug-likeness (QED) is 0.929. The lowest BCUT2D eigenvalue weighted by atomic mass is 9.86. The minimum Gasteiger partial charge on any atom is -0.481 e. The van der Waals surface area contributed by atoms with Gasteiger partial charge in [0.2, 0.25) is 0 Å². The summed E-state index contributed by atoms with van der Waals surface area (Å²) >= 11 is 1.57. The number of carboxylic acids is 1. The number of thiophene rings is 1. The van der Waals surface area contributed by atoms with Crippen LogP contribution in [0.25, 0.3) is 0 Å². The van der Waals surface area contributed by atoms with Gasteiger partial charge >= 0.3 is 12.1 Å². The first-order valence-corrected chi connectivity index (χ1v) is 7.20. The van der Waals surface area contributed by atoms with Crippen LogP contribution in [0.15, 0.2) is 12.1 Å². The zero-order chi connectivity index (χ0) is 15.0. The molecule has 3 nitrogen and oxygen atoms in total. The van der Waals surface area contributed by atoms with Gasteiger partial charge in [0.25, 0.3) is 0 Å². The van der Waals surface area contributed by atoms with E-state index in [1.165, 1.54) is 4.88 Å². The second kappa shape index (κ2) is 5.37. The molecule has 2 rings (SSSR count). The van der Waals surface area contributed by atoms with E-state index >= 15 is 0 Å². The summed E-state index contributed by atoms with van der Waals surface area (Å²) in [5.41, 5.74) is -2.61. The average Bonchev–Trinajstić information content (AvgIpc) is 2.95. The van der Waals surface area contributed by atoms with Gasteiger partial charge in [-0.3, -0.25) is 9.69 Å². The number of carbonyl (C=O) groups is 1. The van der Waals surface area contributed by atoms with E-state index in [4.69, 9.17) is 5.11 Å². The molecule has 0 spiro atoms. The molecule has 1 atom stereocenters. The third-order valence-corrected chi connectivity index (χ3v) is 4.96. The maximum absolute atomic E-state index is 13.0. The zero-order valence-electron chi connectivity index (χ0n) is 11.0. The molecule has 1 aliphatic heterocycles. The monoisotopic (exact) mass is 307 g/mol. The van der Waals surface area contributed by atoms with E-state index in [2.05, 4.69) is 0 Å². The van der Waals surface area contributed by atoms with Crippen LogP contribution in [0.2, 0.25) is 0 Å². The number of aryl methyl sites for hydroxylation is 1. The molecule has 0 amide bonds. The van der Waals surface area contributed by atoms with Gasteiger partial charge in [0.15, 0.2) is 5.41 Å². The molecule has 0 aliphatic carbocycles. The molecule has 112 valence electrons. The fraction of sp³-hybridized carbons (Fsp3) is 0.615. The summed E-state index contributed by atoms with van der Waals surface area (Å²) in [5, 5.41) is 8.98. The van der Waals surface area contributed by atoms with E-state index in [9.17, 15) is 18.0 Å². The molecule has 1 aromatic rings. The molecule has 0 aromatic carbocycles. The molecular weight excluding hydrogens is 291 g/mol. The first-order chi connectivity index (χ1) is 9.28. The number of carboxylic acid groups (broad SMARTS) is 1. The van der Waals surface area contributed by atoms with Gasteiger partial charge in [-0.25, -0.2) is 0 Å². The van der Waals surface area contributed by atoms with Crippen LogP contribution in [-0.4, -0.2) is 35.2 Å². The molecule has 1 aromatic heterocycles. The predicted octanol–water partition coefficient (Wildman–Crippen LogP) is 3.15. The van der Waals surface area contributed by atoms with Gasteiger partial charge in [-0.2, -0.15) is 13.2 Å². The van der Waals surface area contributed by atoms with Crippen molar-refractivity contribution in [2.45, 2.75) is 32.5 Å². The van der Waals surface area contributed by atoms with Crippen molar-refractivity contribution in [2.24, 2.45) is 5.41 Å². The maximum Gasteiger partial charge on any atom is 0.406 e. The number of nitrogens with zero attached hydrogens (tertiary/aromatic N) is 1. The molecular formula is C13H16F3NO2S. The lowest BCUT2D eigenvalue weighted by Crippen LogP contribution is -2.47. The molecule has 1 N–H and O–H groups in total. The first kappa shape index (κ1) is 15.3. The minimum absolute atomic E-state index is 0.158. The molecule has 0 bridgehead atoms. The standard InChI is InChI=1S/C13H16F3NO2S/c1-2-9-3-4-10(20-9)7-17-6-5-12(8-17,11(18)19)13(14,15)16/h3-4H,2,5-8H2,1H3,(H,18,19). The highest BCUT2D eigenvalue weighted by Gasteiger charge is 2.63. The van der Waals surface area contributed by atoms with E-state index in [0.29, 0.717) is 6.54 Å². The van der Waals surface area contributed by atoms with E-state index in [1.807, 2.05) is 19.1 Å². The second-order valence-corrected chi connectivity index (χ2v) is 6.32. The van der Waals surface area contributed by atoms with Crippen LogP contribution in [0.4, 0.5) is 13.2 Å². The third kappa shape index (κ3) is 2.69. The Bertz CT molecular complexity index is 500. The normalized spacial score (nSPS) is 24.2. The van der Waals surface area contributed by atoms with Crippen molar-refractivity contribution in [1.82, 2.24) is 4.90 Å². The highest BCUT2D eigenvalue weighted by Crippen LogP contribution is 2.46. The topological polar surface area (TPSA) is 40.5 Å². The Morgan fingerprint density at radius 3 is 2.55 bits per heavy atom. The highest BCUT2D eigenvalue weighted by atomic mass is 32.1. The van der Waals surface area contributed by atoms with E-state index in [1.54, 1.807) is 16.2 Å². The van der Waals surface area contributed by atoms with Crippen molar-refractivity contribution in [2.75, 3.05) is 13.1 Å². The van der Waals surface area contributed by atoms with Crippen molar-refractivity contribution in [3.05, 3.63) is 21.9 Å². The van der Waals surface area contributed by atoms with Crippen molar-refractivity contribution < 1.29 is 23.1 Å². The molecule has 7 heteroatoms. The van der Waals surface area contributed by atoms with Crippen LogP contribution < -0.4 is 0 Å². The molecule has 1 unspecified atom stereocenters. The summed E-state index contributed by atoms with van der Waals surface area (Å²) in [6, 6.07) is 3.86. The van der Waals surface area contributed by atoms with Crippen LogP contribution in [0.1, 0.15) is 23.1 Å². The SMILES string of the molecule is CCc1ccc(CN2CCC(C(=O)O)(C(F)(F)F)C2)s1. The second-order valence-electron chi connectivity index (χ2n) is 5.07. The first-order valence-electron chi connectivity index (χ1n) is 6.38. The summed E-state index contributed by atoms with van der Waals surface area (Å²) in [4.78, 5) is 14.8. The molecule has 1 fully saturated rings. The van der Waals surface area contributed by atoms with Crippen LogP contribution in [0.5, 0.6) is 0 Å². The van der Waals surface area contributed by atoms with E-state index in [-0.39, 0.29) is 13.0 Å². The Balaban J connectivity index is 2.09. The smallest absolute Gasteiger partial charge is 0.406 e. The van der Waals surface area contributed by atoms with Gasteiger partial charge in [0.1, 0.15) is 0 Å². The molecule has 2 heterocycles. The van der Waals surface area contributed by atoms with Crippen molar-refractivity contribution in [3.63, 3.8) is 0 Å². The van der Waals surface area contributed by atoms with Crippen LogP contribution in [0.3, 0.4) is 0 Å². The summed E-state index contributed by atoms with van der Waals surface area (Å²) in [5.74, 6) is -1.77. The predicted molar refractivity (Wildman–Crippen MR) is 69.7 cm³/mol. The average molecular weight is 307 g/mol. The van der Waals surface area contributed by atoms with Crippen LogP contribution in [0, 0.1) is 5.41 Å². The number of hydrogen-bond donors (Lipinski definition) is 1. The van der Waals surface area contributed by atoms with Gasteiger partial charge in [0, 0.05) is 29.4 Å². The molecule has 0 saturated carbocycles. The van der Waals surface area contributed by atoms with Gasteiger partial charge in [0.05, 0.1) is 0 Å². The van der Waals surface area contributed by atoms with Crippen LogP contribution >= 0.6 is 11.3 Å². The van der Waals surface area contributed by atoms with E-state index < -0.39 is 24.1 Å². The Morgan fingerprint density at radius 2 is 2.10 bits per heavy atom. The van der Waals surface area contributed by atoms with Gasteiger partial charge in [-0.1, -0.05) is 6.92 Å². The number of aliphatic carboxylic acids is 1. The number of rotatable bonds is 4. The minimum atomic E-state index is -4.71. The molecule has 1 aliphatic rings. The zero-order valence-corrected chi connectivity index (χ0v) is 11.9. The Labute approximate surface area is 119 Å². The highest BCUT2D eigenvalue weighted by molar-refractivity contribution is 7.11. The van der Waals surface area contributed by atoms with Crippen molar-refractivity contribution >= 4 is 17.3 Å². The number of alkyl halides is 3. The Morgan fingerprint density at radius 1 is 1.45 bits per heavy atom. The van der Waals surface area contributed by atoms with E-state index in [0.717, 1.165) is 11.3 Å². The molecule has 0 radical (unpaired) electrons. The maximum atomic E-state index is 13.0. The Hall–Kier alpha value is -1.08. The Kier molecular flexibility index (Phi) is 4.11. The lowest BCUT2D eigenvalue weighted by molar-refractivity contribution is -0.227.